The van der Waals surface area contributed by atoms with Crippen LogP contribution in [-0.2, 0) is 25.5 Å². The summed E-state index contributed by atoms with van der Waals surface area (Å²) < 4.78 is 61.1. The van der Waals surface area contributed by atoms with E-state index in [0.717, 1.165) is 16.2 Å². The van der Waals surface area contributed by atoms with Crippen LogP contribution in [0.2, 0.25) is 0 Å². The monoisotopic (exact) mass is 652 g/mol. The predicted octanol–water partition coefficient (Wildman–Crippen LogP) is -1.58. The maximum Gasteiger partial charge on any atom is 0.490 e. The van der Waals surface area contributed by atoms with E-state index < -0.39 is 72.5 Å². The van der Waals surface area contributed by atoms with Crippen LogP contribution in [0.1, 0.15) is 18.2 Å². The minimum absolute atomic E-state index is 0.0177. The van der Waals surface area contributed by atoms with E-state index in [1.807, 2.05) is 12.1 Å². The van der Waals surface area contributed by atoms with Crippen molar-refractivity contribution in [1.29, 1.82) is 0 Å². The van der Waals surface area contributed by atoms with Crippen molar-refractivity contribution in [2.45, 2.75) is 68.3 Å². The molecule has 2 aliphatic rings. The van der Waals surface area contributed by atoms with Crippen LogP contribution in [0.4, 0.5) is 13.2 Å². The molecule has 8 atom stereocenters. The van der Waals surface area contributed by atoms with Gasteiger partial charge in [-0.3, -0.25) is 14.3 Å². The van der Waals surface area contributed by atoms with Crippen molar-refractivity contribution in [3.05, 3.63) is 56.9 Å². The summed E-state index contributed by atoms with van der Waals surface area (Å²) in [5.74, 6) is -1.59. The lowest BCUT2D eigenvalue weighted by Crippen LogP contribution is -2.44. The molecule has 1 aromatic carbocycles. The molecule has 2 aromatic rings. The second-order valence-electron chi connectivity index (χ2n) is 9.94. The number of aromatic amines is 1. The third-order valence-electron chi connectivity index (χ3n) is 6.88. The van der Waals surface area contributed by atoms with Crippen LogP contribution in [0.3, 0.4) is 0 Å². The Morgan fingerprint density at radius 2 is 1.80 bits per heavy atom. The molecule has 45 heavy (non-hydrogen) atoms. The fourth-order valence-electron chi connectivity index (χ4n) is 4.61. The number of carboxylic acids is 1. The van der Waals surface area contributed by atoms with E-state index in [9.17, 15) is 38.1 Å². The molecule has 1 aromatic heterocycles. The smallest absolute Gasteiger partial charge is 0.490 e. The van der Waals surface area contributed by atoms with E-state index in [1.54, 1.807) is 20.3 Å². The molecule has 16 nitrogen and oxygen atoms in total. The molecule has 2 aliphatic heterocycles. The summed E-state index contributed by atoms with van der Waals surface area (Å²) in [6.45, 7) is 0.575. The van der Waals surface area contributed by atoms with Gasteiger partial charge in [-0.25, -0.2) is 9.59 Å². The Bertz CT molecular complexity index is 1390. The highest BCUT2D eigenvalue weighted by molar-refractivity contribution is 5.73. The number of nitrogens with zero attached hydrogens (tertiary/aromatic N) is 1. The highest BCUT2D eigenvalue weighted by Gasteiger charge is 2.47. The topological polar surface area (TPSA) is 237 Å². The largest absolute Gasteiger partial charge is 0.493 e. The number of carbonyl (C=O) groups is 1. The summed E-state index contributed by atoms with van der Waals surface area (Å²) in [4.78, 5) is 34.7. The number of nitrogens with one attached hydrogen (secondary N) is 2. The Morgan fingerprint density at radius 3 is 2.36 bits per heavy atom. The van der Waals surface area contributed by atoms with Gasteiger partial charge in [0.1, 0.15) is 24.4 Å². The number of ether oxygens (including phenoxy) is 5. The maximum atomic E-state index is 12.3. The Hall–Kier alpha value is -3.56. The molecular formula is C26H35F3N4O12. The molecule has 252 valence electrons. The molecule has 0 unspecified atom stereocenters. The molecule has 4 rings (SSSR count). The lowest BCUT2D eigenvalue weighted by molar-refractivity contribution is -0.213. The van der Waals surface area contributed by atoms with Gasteiger partial charge >= 0.3 is 17.8 Å². The van der Waals surface area contributed by atoms with Crippen molar-refractivity contribution in [3.8, 4) is 11.5 Å². The van der Waals surface area contributed by atoms with Gasteiger partial charge in [-0.2, -0.15) is 13.2 Å². The van der Waals surface area contributed by atoms with E-state index in [-0.39, 0.29) is 19.5 Å². The quantitative estimate of drug-likeness (QED) is 0.145. The van der Waals surface area contributed by atoms with Crippen LogP contribution < -0.4 is 31.8 Å². The normalized spacial score (nSPS) is 27.0. The average molecular weight is 653 g/mol. The third-order valence-corrected chi connectivity index (χ3v) is 6.88. The number of aliphatic hydroxyl groups excluding tert-OH is 3. The molecule has 19 heteroatoms. The number of halogens is 3. The molecule has 0 bridgehead atoms. The third kappa shape index (κ3) is 9.23. The number of aliphatic hydroxyl groups is 3. The van der Waals surface area contributed by atoms with Crippen molar-refractivity contribution in [1.82, 2.24) is 14.9 Å². The summed E-state index contributed by atoms with van der Waals surface area (Å²) in [7, 11) is 3.09. The molecule has 8 N–H and O–H groups in total. The zero-order chi connectivity index (χ0) is 33.5. The van der Waals surface area contributed by atoms with Gasteiger partial charge in [0, 0.05) is 38.3 Å². The minimum Gasteiger partial charge on any atom is -0.493 e. The Balaban J connectivity index is 0.000000707. The standard InChI is InChI=1S/C24H34N4O10.C2HF3O2/c1-34-14-4-3-12(7-15(14)35-2)10-26-11-18(38-23-21(32)20(31)17(9-25)37-23)16-8-13(29)22(36-16)28-6-5-19(30)27-24(28)33;3-2(4,5)1(6)7/h3-7,13,16-18,20-23,26,29,31-32H,8-11,25H2,1-2H3,(H,27,30,33);(H,6,7)/t13-,16+,17-,18+,20-,21-,22-,23+;/m1./s1. The Morgan fingerprint density at radius 1 is 1.13 bits per heavy atom. The number of hydrogen-bond donors (Lipinski definition) is 7. The molecule has 0 amide bonds. The minimum atomic E-state index is -5.08. The highest BCUT2D eigenvalue weighted by Crippen LogP contribution is 2.33. The van der Waals surface area contributed by atoms with Gasteiger partial charge in [0.25, 0.3) is 5.56 Å². The number of H-pyrrole nitrogens is 1. The molecule has 0 spiro atoms. The van der Waals surface area contributed by atoms with E-state index in [2.05, 4.69) is 10.3 Å². The number of rotatable bonds is 11. The lowest BCUT2D eigenvalue weighted by atomic mass is 10.1. The second kappa shape index (κ2) is 15.6. The molecule has 0 saturated carbocycles. The first kappa shape index (κ1) is 35.9. The summed E-state index contributed by atoms with van der Waals surface area (Å²) in [5, 5.41) is 41.7. The number of hydrogen-bond acceptors (Lipinski definition) is 13. The Labute approximate surface area is 253 Å². The van der Waals surface area contributed by atoms with Crippen molar-refractivity contribution >= 4 is 5.97 Å². The number of benzene rings is 1. The van der Waals surface area contributed by atoms with E-state index >= 15 is 0 Å². The average Bonchev–Trinajstić information content (AvgIpc) is 3.50. The van der Waals surface area contributed by atoms with Gasteiger partial charge in [-0.15, -0.1) is 0 Å². The van der Waals surface area contributed by atoms with Crippen molar-refractivity contribution < 1.29 is 62.1 Å². The number of alkyl halides is 3. The van der Waals surface area contributed by atoms with Gasteiger partial charge in [-0.1, -0.05) is 6.07 Å². The molecule has 3 heterocycles. The molecule has 2 fully saturated rings. The van der Waals surface area contributed by atoms with Gasteiger partial charge < -0.3 is 55.2 Å². The van der Waals surface area contributed by atoms with Crippen LogP contribution in [0.5, 0.6) is 11.5 Å². The zero-order valence-electron chi connectivity index (χ0n) is 24.0. The van der Waals surface area contributed by atoms with Crippen molar-refractivity contribution in [2.24, 2.45) is 5.73 Å². The first-order chi connectivity index (χ1) is 21.2. The summed E-state index contributed by atoms with van der Waals surface area (Å²) in [6.07, 6.45) is -12.0. The summed E-state index contributed by atoms with van der Waals surface area (Å²) in [5.41, 5.74) is 5.21. The van der Waals surface area contributed by atoms with Crippen molar-refractivity contribution in [3.63, 3.8) is 0 Å². The predicted molar refractivity (Wildman–Crippen MR) is 145 cm³/mol. The first-order valence-electron chi connectivity index (χ1n) is 13.4. The highest BCUT2D eigenvalue weighted by atomic mass is 19.4. The molecule has 0 radical (unpaired) electrons. The van der Waals surface area contributed by atoms with E-state index in [0.29, 0.717) is 18.0 Å². The first-order valence-corrected chi connectivity index (χ1v) is 13.4. The Kier molecular flexibility index (Phi) is 12.5. The van der Waals surface area contributed by atoms with Crippen LogP contribution in [0, 0.1) is 0 Å². The van der Waals surface area contributed by atoms with Gasteiger partial charge in [-0.05, 0) is 17.7 Å². The van der Waals surface area contributed by atoms with Crippen LogP contribution in [0.15, 0.2) is 40.1 Å². The van der Waals surface area contributed by atoms with Gasteiger partial charge in [0.05, 0.1) is 26.4 Å². The van der Waals surface area contributed by atoms with E-state index in [4.69, 9.17) is 39.3 Å². The van der Waals surface area contributed by atoms with Crippen molar-refractivity contribution in [2.75, 3.05) is 27.3 Å². The SMILES string of the molecule is COc1ccc(CNC[C@H](O[C@@H]2O[C@H](CN)[C@@H](O)[C@H]2O)[C@@H]2C[C@@H](O)[C@H](n3ccc(=O)[nH]c3=O)O2)cc1OC.O=C(O)C(F)(F)F. The fourth-order valence-corrected chi connectivity index (χ4v) is 4.61. The molecule has 2 saturated heterocycles. The maximum absolute atomic E-state index is 12.3. The molecular weight excluding hydrogens is 617 g/mol. The van der Waals surface area contributed by atoms with Crippen LogP contribution in [0.25, 0.3) is 0 Å². The number of aromatic nitrogens is 2. The van der Waals surface area contributed by atoms with Crippen LogP contribution >= 0.6 is 0 Å². The zero-order valence-corrected chi connectivity index (χ0v) is 24.0. The number of nitrogens with two attached hydrogens (primary N) is 1. The lowest BCUT2D eigenvalue weighted by Gasteiger charge is -2.28. The number of methoxy groups -OCH3 is 2. The number of aliphatic carboxylic acids is 1. The van der Waals surface area contributed by atoms with Crippen LogP contribution in [-0.4, -0.2) is 112 Å². The summed E-state index contributed by atoms with van der Waals surface area (Å²) >= 11 is 0. The fraction of sp³-hybridized carbons (Fsp3) is 0.577. The van der Waals surface area contributed by atoms with Gasteiger partial charge in [0.2, 0.25) is 0 Å². The molecule has 0 aliphatic carbocycles. The summed E-state index contributed by atoms with van der Waals surface area (Å²) in [6, 6.07) is 6.62. The van der Waals surface area contributed by atoms with E-state index in [1.165, 1.54) is 6.20 Å². The second-order valence-corrected chi connectivity index (χ2v) is 9.94. The van der Waals surface area contributed by atoms with Gasteiger partial charge in [0.15, 0.2) is 24.0 Å². The number of carboxylic acid groups (broad SMARTS) is 1.